The second kappa shape index (κ2) is 18.9. The zero-order valence-electron chi connectivity index (χ0n) is 31.5. The number of hydrogen-bond acceptors (Lipinski definition) is 9. The number of aliphatic hydroxyl groups is 1. The van der Waals surface area contributed by atoms with E-state index in [0.717, 1.165) is 64.3 Å². The summed E-state index contributed by atoms with van der Waals surface area (Å²) in [4.78, 5) is 29.4. The Morgan fingerprint density at radius 1 is 0.821 bits per heavy atom. The first kappa shape index (κ1) is 40.2. The molecule has 292 valence electrons. The molecule has 0 amide bonds. The average molecular weight is 780 g/mol. The Bertz CT molecular complexity index is 2150. The quantitative estimate of drug-likeness (QED) is 0.0698. The molecule has 0 spiro atoms. The largest absolute Gasteiger partial charge is 0.492 e. The van der Waals surface area contributed by atoms with Gasteiger partial charge in [-0.2, -0.15) is 0 Å². The van der Waals surface area contributed by atoms with Gasteiger partial charge in [0, 0.05) is 42.7 Å². The maximum atomic E-state index is 11.5. The molecular formula is C44H46ClN3O8. The van der Waals surface area contributed by atoms with Crippen molar-refractivity contribution in [3.05, 3.63) is 130 Å². The lowest BCUT2D eigenvalue weighted by molar-refractivity contribution is -0.140. The Kier molecular flexibility index (Phi) is 13.6. The summed E-state index contributed by atoms with van der Waals surface area (Å²) in [6, 6.07) is 24.2. The van der Waals surface area contributed by atoms with Crippen molar-refractivity contribution in [1.82, 2.24) is 15.2 Å². The van der Waals surface area contributed by atoms with Crippen LogP contribution in [0.15, 0.2) is 91.3 Å². The third kappa shape index (κ3) is 10.0. The molecule has 1 saturated heterocycles. The van der Waals surface area contributed by atoms with Gasteiger partial charge in [0.05, 0.1) is 17.2 Å². The Morgan fingerprint density at radius 3 is 2.23 bits per heavy atom. The minimum atomic E-state index is -1.21. The zero-order chi connectivity index (χ0) is 39.6. The molecule has 1 atom stereocenters. The van der Waals surface area contributed by atoms with E-state index in [1.807, 2.05) is 24.3 Å². The average Bonchev–Trinajstić information content (AvgIpc) is 3.72. The fraction of sp³-hybridized carbons (Fsp3) is 0.295. The number of aliphatic carboxylic acids is 1. The van der Waals surface area contributed by atoms with Gasteiger partial charge in [-0.25, -0.2) is 4.79 Å². The van der Waals surface area contributed by atoms with Crippen molar-refractivity contribution >= 4 is 23.5 Å². The van der Waals surface area contributed by atoms with E-state index in [9.17, 15) is 24.9 Å². The molecule has 0 saturated carbocycles. The minimum Gasteiger partial charge on any atom is -0.492 e. The standard InChI is InChI=1S/C44H46ClN3O8/c1-28-32(7-5-9-37(28)38-10-6-8-36(29(38)2)31-11-13-35(14-12-31)54-18-17-48-15-3-4-16-48)27-56-42-21-41(55-26-30-19-34(43(50)51)23-46-22-30)33(20-39(42)45)24-47-40(25-49)44(52)53/h5-14,19-23,40,47,49H,3-4,15-18,24-27H2,1-2H3,(H,50,51)(H,52,53). The number of nitrogens with zero attached hydrogens (tertiary/aromatic N) is 2. The summed E-state index contributed by atoms with van der Waals surface area (Å²) in [5.41, 5.74) is 8.65. The van der Waals surface area contributed by atoms with Crippen LogP contribution in [0, 0.1) is 13.8 Å². The number of hydrogen-bond donors (Lipinski definition) is 4. The van der Waals surface area contributed by atoms with E-state index in [-0.39, 0.29) is 30.3 Å². The van der Waals surface area contributed by atoms with Crippen LogP contribution in [0.5, 0.6) is 17.2 Å². The van der Waals surface area contributed by atoms with Gasteiger partial charge >= 0.3 is 11.9 Å². The van der Waals surface area contributed by atoms with Crippen molar-refractivity contribution in [3.8, 4) is 39.5 Å². The molecule has 4 N–H and O–H groups in total. The number of aromatic nitrogens is 1. The summed E-state index contributed by atoms with van der Waals surface area (Å²) in [6.45, 7) is 7.72. The van der Waals surface area contributed by atoms with Gasteiger partial charge in [-0.3, -0.25) is 20.0 Å². The number of aromatic carboxylic acids is 1. The summed E-state index contributed by atoms with van der Waals surface area (Å²) in [5.74, 6) is -0.784. The van der Waals surface area contributed by atoms with Crippen LogP contribution in [-0.2, 0) is 24.6 Å². The molecule has 6 rings (SSSR count). The lowest BCUT2D eigenvalue weighted by atomic mass is 9.89. The highest BCUT2D eigenvalue weighted by Crippen LogP contribution is 2.37. The molecule has 0 aliphatic carbocycles. The molecule has 1 aromatic heterocycles. The lowest BCUT2D eigenvalue weighted by Gasteiger charge is -2.19. The molecule has 11 nitrogen and oxygen atoms in total. The smallest absolute Gasteiger partial charge is 0.337 e. The summed E-state index contributed by atoms with van der Waals surface area (Å²) < 4.78 is 18.4. The molecule has 1 aliphatic rings. The van der Waals surface area contributed by atoms with Crippen LogP contribution in [0.3, 0.4) is 0 Å². The van der Waals surface area contributed by atoms with Gasteiger partial charge in [-0.05, 0) is 103 Å². The number of likely N-dealkylation sites (tertiary alicyclic amines) is 1. The van der Waals surface area contributed by atoms with Crippen LogP contribution in [0.2, 0.25) is 5.02 Å². The van der Waals surface area contributed by atoms with E-state index in [2.05, 4.69) is 65.4 Å². The van der Waals surface area contributed by atoms with Gasteiger partial charge < -0.3 is 29.5 Å². The topological polar surface area (TPSA) is 151 Å². The van der Waals surface area contributed by atoms with E-state index < -0.39 is 24.6 Å². The number of pyridine rings is 1. The molecule has 12 heteroatoms. The van der Waals surface area contributed by atoms with Crippen molar-refractivity contribution in [2.24, 2.45) is 0 Å². The van der Waals surface area contributed by atoms with E-state index in [4.69, 9.17) is 25.8 Å². The summed E-state index contributed by atoms with van der Waals surface area (Å²) in [6.07, 6.45) is 5.29. The van der Waals surface area contributed by atoms with E-state index in [1.54, 1.807) is 12.1 Å². The van der Waals surface area contributed by atoms with Crippen LogP contribution in [0.25, 0.3) is 22.3 Å². The van der Waals surface area contributed by atoms with Gasteiger partial charge in [0.2, 0.25) is 0 Å². The van der Waals surface area contributed by atoms with Crippen molar-refractivity contribution in [3.63, 3.8) is 0 Å². The Balaban J connectivity index is 1.19. The molecule has 5 aromatic rings. The van der Waals surface area contributed by atoms with Gasteiger partial charge in [0.15, 0.2) is 0 Å². The minimum absolute atomic E-state index is 0.0105. The van der Waals surface area contributed by atoms with E-state index >= 15 is 0 Å². The van der Waals surface area contributed by atoms with Crippen LogP contribution in [0.1, 0.15) is 51.0 Å². The van der Waals surface area contributed by atoms with Crippen LogP contribution in [-0.4, -0.2) is 76.0 Å². The maximum Gasteiger partial charge on any atom is 0.337 e. The Labute approximate surface area is 331 Å². The van der Waals surface area contributed by atoms with Crippen molar-refractivity contribution in [1.29, 1.82) is 0 Å². The number of nitrogens with one attached hydrogen (secondary N) is 1. The first-order chi connectivity index (χ1) is 27.1. The molecule has 4 aromatic carbocycles. The number of carboxylic acid groups (broad SMARTS) is 2. The van der Waals surface area contributed by atoms with Gasteiger partial charge in [-0.1, -0.05) is 60.1 Å². The summed E-state index contributed by atoms with van der Waals surface area (Å²) >= 11 is 6.72. The molecule has 0 radical (unpaired) electrons. The van der Waals surface area contributed by atoms with Crippen molar-refractivity contribution < 1.29 is 39.1 Å². The molecule has 2 heterocycles. The highest BCUT2D eigenvalue weighted by atomic mass is 35.5. The van der Waals surface area contributed by atoms with Crippen molar-refractivity contribution in [2.45, 2.75) is 52.5 Å². The Morgan fingerprint density at radius 2 is 1.52 bits per heavy atom. The SMILES string of the molecule is Cc1c(COc2cc(OCc3cncc(C(=O)O)c3)c(CNC(CO)C(=O)O)cc2Cl)cccc1-c1cccc(-c2ccc(OCCN3CCCC3)cc2)c1C. The van der Waals surface area contributed by atoms with E-state index in [1.165, 1.54) is 31.3 Å². The zero-order valence-corrected chi connectivity index (χ0v) is 32.2. The van der Waals surface area contributed by atoms with E-state index in [0.29, 0.717) is 29.2 Å². The number of carbonyl (C=O) groups is 2. The summed E-state index contributed by atoms with van der Waals surface area (Å²) in [5, 5.41) is 31.4. The predicted molar refractivity (Wildman–Crippen MR) is 215 cm³/mol. The lowest BCUT2D eigenvalue weighted by Crippen LogP contribution is -2.39. The Hall–Kier alpha value is -5.46. The third-order valence-electron chi connectivity index (χ3n) is 10.1. The second-order valence-electron chi connectivity index (χ2n) is 13.8. The highest BCUT2D eigenvalue weighted by Gasteiger charge is 2.19. The van der Waals surface area contributed by atoms with Crippen LogP contribution < -0.4 is 19.5 Å². The number of ether oxygens (including phenoxy) is 3. The summed E-state index contributed by atoms with van der Waals surface area (Å²) in [7, 11) is 0. The number of rotatable bonds is 18. The number of halogens is 1. The highest BCUT2D eigenvalue weighted by molar-refractivity contribution is 6.32. The number of aliphatic hydroxyl groups excluding tert-OH is 1. The monoisotopic (exact) mass is 779 g/mol. The predicted octanol–water partition coefficient (Wildman–Crippen LogP) is 7.55. The van der Waals surface area contributed by atoms with Gasteiger partial charge in [0.25, 0.3) is 0 Å². The second-order valence-corrected chi connectivity index (χ2v) is 14.2. The number of benzene rings is 4. The number of carboxylic acids is 2. The normalized spacial score (nSPS) is 13.4. The third-order valence-corrected chi connectivity index (χ3v) is 10.4. The van der Waals surface area contributed by atoms with Crippen LogP contribution in [0.4, 0.5) is 0 Å². The first-order valence-corrected chi connectivity index (χ1v) is 19.0. The molecule has 56 heavy (non-hydrogen) atoms. The fourth-order valence-electron chi connectivity index (χ4n) is 6.82. The van der Waals surface area contributed by atoms with Crippen LogP contribution >= 0.6 is 11.6 Å². The first-order valence-electron chi connectivity index (χ1n) is 18.6. The molecule has 1 aliphatic heterocycles. The van der Waals surface area contributed by atoms with Crippen molar-refractivity contribution in [2.75, 3.05) is 32.8 Å². The maximum absolute atomic E-state index is 11.5. The molecular weight excluding hydrogens is 734 g/mol. The molecule has 1 fully saturated rings. The molecule has 1 unspecified atom stereocenters. The van der Waals surface area contributed by atoms with Gasteiger partial charge in [-0.15, -0.1) is 0 Å². The molecule has 0 bridgehead atoms. The fourth-order valence-corrected chi connectivity index (χ4v) is 7.06. The van der Waals surface area contributed by atoms with Gasteiger partial charge in [0.1, 0.15) is 43.1 Å².